The normalized spacial score (nSPS) is 11.4. The molecule has 1 radical (unpaired) electrons. The SMILES string of the molecule is OCc1cc(C(F)(F)F)ccc1Oc1c[c]c(Br)cc1. The molecule has 0 amide bonds. The van der Waals surface area contributed by atoms with Crippen molar-refractivity contribution in [2.45, 2.75) is 12.8 Å². The third-order valence-corrected chi connectivity index (χ3v) is 3.03. The molecule has 0 spiro atoms. The van der Waals surface area contributed by atoms with Crippen LogP contribution in [0.5, 0.6) is 11.5 Å². The average molecular weight is 346 g/mol. The first-order valence-corrected chi connectivity index (χ1v) is 6.35. The molecular formula is C14H9BrF3O2. The van der Waals surface area contributed by atoms with Gasteiger partial charge in [-0.05, 0) is 36.4 Å². The van der Waals surface area contributed by atoms with Crippen LogP contribution in [0.3, 0.4) is 0 Å². The summed E-state index contributed by atoms with van der Waals surface area (Å²) in [4.78, 5) is 0. The summed E-state index contributed by atoms with van der Waals surface area (Å²) in [6.07, 6.45) is -4.45. The molecule has 2 aromatic rings. The predicted molar refractivity (Wildman–Crippen MR) is 70.4 cm³/mol. The van der Waals surface area contributed by atoms with Crippen LogP contribution < -0.4 is 4.74 Å². The Balaban J connectivity index is 2.30. The molecule has 105 valence electrons. The van der Waals surface area contributed by atoms with Crippen LogP contribution in [-0.2, 0) is 12.8 Å². The molecule has 0 aromatic heterocycles. The Labute approximate surface area is 121 Å². The molecule has 0 saturated carbocycles. The zero-order valence-electron chi connectivity index (χ0n) is 10.0. The Morgan fingerprint density at radius 3 is 2.50 bits per heavy atom. The van der Waals surface area contributed by atoms with Gasteiger partial charge >= 0.3 is 6.18 Å². The van der Waals surface area contributed by atoms with E-state index >= 15 is 0 Å². The maximum absolute atomic E-state index is 12.6. The molecule has 6 heteroatoms. The van der Waals surface area contributed by atoms with Crippen LogP contribution >= 0.6 is 15.9 Å². The lowest BCUT2D eigenvalue weighted by molar-refractivity contribution is -0.137. The van der Waals surface area contributed by atoms with Crippen molar-refractivity contribution in [3.8, 4) is 11.5 Å². The smallest absolute Gasteiger partial charge is 0.416 e. The van der Waals surface area contributed by atoms with Crippen LogP contribution in [0.4, 0.5) is 13.2 Å². The maximum Gasteiger partial charge on any atom is 0.416 e. The highest BCUT2D eigenvalue weighted by molar-refractivity contribution is 9.10. The molecule has 0 aliphatic carbocycles. The largest absolute Gasteiger partial charge is 0.457 e. The third kappa shape index (κ3) is 3.52. The minimum absolute atomic E-state index is 0.0720. The van der Waals surface area contributed by atoms with E-state index in [0.717, 1.165) is 16.6 Å². The molecule has 0 heterocycles. The number of hydrogen-bond donors (Lipinski definition) is 1. The molecular weight excluding hydrogens is 337 g/mol. The van der Waals surface area contributed by atoms with E-state index in [1.54, 1.807) is 18.2 Å². The zero-order valence-corrected chi connectivity index (χ0v) is 11.6. The second-order valence-corrected chi connectivity index (χ2v) is 4.81. The predicted octanol–water partition coefficient (Wildman–Crippen LogP) is 4.55. The number of benzene rings is 2. The topological polar surface area (TPSA) is 29.5 Å². The van der Waals surface area contributed by atoms with Crippen molar-refractivity contribution in [3.63, 3.8) is 0 Å². The summed E-state index contributed by atoms with van der Waals surface area (Å²) < 4.78 is 43.9. The van der Waals surface area contributed by atoms with Crippen LogP contribution in [0.15, 0.2) is 40.9 Å². The lowest BCUT2D eigenvalue weighted by Crippen LogP contribution is -2.06. The van der Waals surface area contributed by atoms with E-state index in [2.05, 4.69) is 22.0 Å². The fourth-order valence-corrected chi connectivity index (χ4v) is 1.81. The van der Waals surface area contributed by atoms with Gasteiger partial charge in [0.05, 0.1) is 12.2 Å². The molecule has 0 unspecified atom stereocenters. The molecule has 2 rings (SSSR count). The Morgan fingerprint density at radius 1 is 1.20 bits per heavy atom. The van der Waals surface area contributed by atoms with E-state index in [4.69, 9.17) is 9.84 Å². The van der Waals surface area contributed by atoms with E-state index in [0.29, 0.717) is 5.75 Å². The van der Waals surface area contributed by atoms with E-state index in [-0.39, 0.29) is 11.3 Å². The second-order valence-electron chi connectivity index (χ2n) is 3.95. The quantitative estimate of drug-likeness (QED) is 0.883. The zero-order chi connectivity index (χ0) is 14.8. The fourth-order valence-electron chi connectivity index (χ4n) is 1.56. The van der Waals surface area contributed by atoms with Crippen LogP contribution in [0.1, 0.15) is 11.1 Å². The van der Waals surface area contributed by atoms with Crippen LogP contribution in [0.25, 0.3) is 0 Å². The molecule has 2 nitrogen and oxygen atoms in total. The van der Waals surface area contributed by atoms with Crippen LogP contribution in [0.2, 0.25) is 0 Å². The molecule has 0 fully saturated rings. The van der Waals surface area contributed by atoms with Crippen molar-refractivity contribution in [1.29, 1.82) is 0 Å². The van der Waals surface area contributed by atoms with Crippen molar-refractivity contribution >= 4 is 15.9 Å². The van der Waals surface area contributed by atoms with E-state index in [9.17, 15) is 13.2 Å². The van der Waals surface area contributed by atoms with Gasteiger partial charge in [0.25, 0.3) is 0 Å². The lowest BCUT2D eigenvalue weighted by atomic mass is 10.1. The second kappa shape index (κ2) is 5.85. The fraction of sp³-hybridized carbons (Fsp3) is 0.143. The van der Waals surface area contributed by atoms with Gasteiger partial charge in [-0.1, -0.05) is 15.9 Å². The highest BCUT2D eigenvalue weighted by Crippen LogP contribution is 2.34. The molecule has 0 aliphatic heterocycles. The van der Waals surface area contributed by atoms with Gasteiger partial charge in [0.1, 0.15) is 11.5 Å². The summed E-state index contributed by atoms with van der Waals surface area (Å²) in [6, 6.07) is 10.7. The summed E-state index contributed by atoms with van der Waals surface area (Å²) in [6.45, 7) is -0.542. The van der Waals surface area contributed by atoms with Crippen molar-refractivity contribution < 1.29 is 23.0 Å². The summed E-state index contributed by atoms with van der Waals surface area (Å²) in [5.41, 5.74) is -0.751. The van der Waals surface area contributed by atoms with Gasteiger partial charge in [-0.2, -0.15) is 13.2 Å². The van der Waals surface area contributed by atoms with Crippen molar-refractivity contribution in [2.75, 3.05) is 0 Å². The Hall–Kier alpha value is -1.53. The summed E-state index contributed by atoms with van der Waals surface area (Å²) in [5.74, 6) is 0.596. The first kappa shape index (κ1) is 14.9. The van der Waals surface area contributed by atoms with Crippen molar-refractivity contribution in [3.05, 3.63) is 58.1 Å². The number of hydrogen-bond acceptors (Lipinski definition) is 2. The molecule has 0 saturated heterocycles. The standard InChI is InChI=1S/C14H9BrF3O2/c15-11-2-4-12(5-3-11)20-13-6-1-10(14(16,17)18)7-9(13)8-19/h1-2,4-7,19H,8H2. The van der Waals surface area contributed by atoms with Crippen LogP contribution in [-0.4, -0.2) is 5.11 Å². The summed E-state index contributed by atoms with van der Waals surface area (Å²) in [7, 11) is 0. The highest BCUT2D eigenvalue weighted by atomic mass is 79.9. The summed E-state index contributed by atoms with van der Waals surface area (Å²) >= 11 is 3.21. The van der Waals surface area contributed by atoms with Gasteiger partial charge in [0, 0.05) is 16.1 Å². The van der Waals surface area contributed by atoms with E-state index in [1.807, 2.05) is 0 Å². The molecule has 0 aliphatic rings. The molecule has 20 heavy (non-hydrogen) atoms. The monoisotopic (exact) mass is 345 g/mol. The molecule has 0 bridgehead atoms. The van der Waals surface area contributed by atoms with Gasteiger partial charge in [-0.3, -0.25) is 0 Å². The first-order chi connectivity index (χ1) is 9.40. The van der Waals surface area contributed by atoms with Gasteiger partial charge in [0.2, 0.25) is 0 Å². The van der Waals surface area contributed by atoms with Gasteiger partial charge in [0.15, 0.2) is 0 Å². The number of ether oxygens (including phenoxy) is 1. The maximum atomic E-state index is 12.6. The number of aliphatic hydroxyl groups excluding tert-OH is 1. The van der Waals surface area contributed by atoms with E-state index in [1.165, 1.54) is 6.07 Å². The Morgan fingerprint density at radius 2 is 1.95 bits per heavy atom. The molecule has 2 aromatic carbocycles. The van der Waals surface area contributed by atoms with Gasteiger partial charge in [-0.15, -0.1) is 0 Å². The van der Waals surface area contributed by atoms with E-state index < -0.39 is 18.3 Å². The Bertz CT molecular complexity index is 594. The first-order valence-electron chi connectivity index (χ1n) is 5.56. The Kier molecular flexibility index (Phi) is 4.35. The average Bonchev–Trinajstić information content (AvgIpc) is 2.40. The third-order valence-electron chi connectivity index (χ3n) is 2.53. The minimum atomic E-state index is -4.45. The minimum Gasteiger partial charge on any atom is -0.457 e. The van der Waals surface area contributed by atoms with Gasteiger partial charge < -0.3 is 9.84 Å². The lowest BCUT2D eigenvalue weighted by Gasteiger charge is -2.13. The number of rotatable bonds is 3. The highest BCUT2D eigenvalue weighted by Gasteiger charge is 2.31. The van der Waals surface area contributed by atoms with Crippen LogP contribution in [0, 0.1) is 6.07 Å². The molecule has 1 N–H and O–H groups in total. The summed E-state index contributed by atoms with van der Waals surface area (Å²) in [5, 5.41) is 9.17. The van der Waals surface area contributed by atoms with Crippen molar-refractivity contribution in [1.82, 2.24) is 0 Å². The molecule has 0 atom stereocenters. The van der Waals surface area contributed by atoms with Gasteiger partial charge in [-0.25, -0.2) is 0 Å². The number of halogens is 4. The van der Waals surface area contributed by atoms with Crippen molar-refractivity contribution in [2.24, 2.45) is 0 Å². The number of aliphatic hydroxyl groups is 1. The number of alkyl halides is 3.